The van der Waals surface area contributed by atoms with Gasteiger partial charge in [-0.3, -0.25) is 10.3 Å². The van der Waals surface area contributed by atoms with Crippen molar-refractivity contribution in [1.29, 1.82) is 5.26 Å². The molecule has 0 unspecified atom stereocenters. The van der Waals surface area contributed by atoms with Crippen molar-refractivity contribution in [1.82, 2.24) is 10.2 Å². The molecule has 1 heterocycles. The van der Waals surface area contributed by atoms with Gasteiger partial charge < -0.3 is 14.4 Å². The molecule has 1 amide bonds. The van der Waals surface area contributed by atoms with Crippen molar-refractivity contribution in [3.63, 3.8) is 0 Å². The molecule has 1 aromatic carbocycles. The fourth-order valence-corrected chi connectivity index (χ4v) is 4.03. The van der Waals surface area contributed by atoms with E-state index in [1.165, 1.54) is 11.8 Å². The Labute approximate surface area is 194 Å². The number of nitrogens with one attached hydrogen (secondary N) is 1. The second kappa shape index (κ2) is 12.2. The molecule has 0 radical (unpaired) electrons. The maximum atomic E-state index is 12.6. The molecule has 1 fully saturated rings. The molecule has 0 saturated carbocycles. The lowest BCUT2D eigenvalue weighted by Gasteiger charge is -2.37. The smallest absolute Gasteiger partial charge is 0.410 e. The Morgan fingerprint density at radius 2 is 2.26 bits per heavy atom. The van der Waals surface area contributed by atoms with Crippen molar-refractivity contribution in [3.8, 4) is 6.19 Å². The third-order valence-electron chi connectivity index (χ3n) is 4.72. The van der Waals surface area contributed by atoms with Gasteiger partial charge in [-0.1, -0.05) is 35.5 Å². The number of rotatable bonds is 6. The normalized spacial score (nSPS) is 18.3. The standard InChI is InChI=1S/C22H31ClN4O3S/c1-22(2,3)30-21(28)27-11-6-8-17(14-27)19(16-7-5-9-18(23)13-16)29-12-10-25-20(31-4)26-15-24/h5,7,9,13,17,19H,6,8,10-12,14H2,1-4H3,(H,25,26)/t17-,19+/m1/s1. The molecule has 1 N–H and O–H groups in total. The Hall–Kier alpha value is -1.95. The Bertz CT molecular complexity index is 807. The molecule has 2 rings (SSSR count). The molecule has 0 bridgehead atoms. The fourth-order valence-electron chi connectivity index (χ4n) is 3.47. The zero-order chi connectivity index (χ0) is 22.9. The molecule has 1 aliphatic heterocycles. The molecule has 31 heavy (non-hydrogen) atoms. The molecule has 1 saturated heterocycles. The monoisotopic (exact) mass is 466 g/mol. The summed E-state index contributed by atoms with van der Waals surface area (Å²) in [4.78, 5) is 18.7. The predicted octanol–water partition coefficient (Wildman–Crippen LogP) is 4.83. The van der Waals surface area contributed by atoms with Crippen LogP contribution < -0.4 is 5.32 Å². The largest absolute Gasteiger partial charge is 0.444 e. The minimum Gasteiger partial charge on any atom is -0.444 e. The topological polar surface area (TPSA) is 86.9 Å². The van der Waals surface area contributed by atoms with Crippen LogP contribution in [-0.2, 0) is 9.47 Å². The first-order valence-electron chi connectivity index (χ1n) is 10.3. The summed E-state index contributed by atoms with van der Waals surface area (Å²) in [5.41, 5.74) is 0.449. The van der Waals surface area contributed by atoms with Crippen LogP contribution in [0.1, 0.15) is 45.3 Å². The van der Waals surface area contributed by atoms with Crippen molar-refractivity contribution < 1.29 is 14.3 Å². The number of nitrogens with zero attached hydrogens (tertiary/aromatic N) is 3. The van der Waals surface area contributed by atoms with Crippen LogP contribution in [-0.4, -0.2) is 54.3 Å². The third kappa shape index (κ3) is 8.60. The van der Waals surface area contributed by atoms with Crippen molar-refractivity contribution in [2.75, 3.05) is 32.5 Å². The molecule has 170 valence electrons. The van der Waals surface area contributed by atoms with Crippen LogP contribution in [0, 0.1) is 17.4 Å². The summed E-state index contributed by atoms with van der Waals surface area (Å²) in [5, 5.41) is 12.5. The van der Waals surface area contributed by atoms with Crippen LogP contribution in [0.3, 0.4) is 0 Å². The summed E-state index contributed by atoms with van der Waals surface area (Å²) in [6.07, 6.45) is 5.03. The summed E-state index contributed by atoms with van der Waals surface area (Å²) in [6.45, 7) is 7.65. The molecule has 1 aliphatic rings. The first kappa shape index (κ1) is 25.3. The van der Waals surface area contributed by atoms with Crippen LogP contribution in [0.15, 0.2) is 29.3 Å². The lowest BCUT2D eigenvalue weighted by molar-refractivity contribution is -0.0232. The van der Waals surface area contributed by atoms with Gasteiger partial charge in [-0.05, 0) is 57.6 Å². The lowest BCUT2D eigenvalue weighted by Crippen LogP contribution is -2.44. The van der Waals surface area contributed by atoms with E-state index in [9.17, 15) is 4.79 Å². The van der Waals surface area contributed by atoms with Crippen molar-refractivity contribution in [2.24, 2.45) is 10.9 Å². The average Bonchev–Trinajstić information content (AvgIpc) is 2.71. The zero-order valence-corrected chi connectivity index (χ0v) is 20.1. The molecule has 7 nitrogen and oxygen atoms in total. The third-order valence-corrected chi connectivity index (χ3v) is 5.57. The number of hydrogen-bond acceptors (Lipinski definition) is 6. The highest BCUT2D eigenvalue weighted by Crippen LogP contribution is 2.34. The summed E-state index contributed by atoms with van der Waals surface area (Å²) in [5.74, 6) is 0.112. The highest BCUT2D eigenvalue weighted by molar-refractivity contribution is 8.13. The number of amidine groups is 1. The quantitative estimate of drug-likeness (QED) is 0.212. The maximum absolute atomic E-state index is 12.6. The number of thioether (sulfide) groups is 1. The van der Waals surface area contributed by atoms with Crippen LogP contribution in [0.25, 0.3) is 0 Å². The number of carbonyl (C=O) groups excluding carboxylic acids is 1. The van der Waals surface area contributed by atoms with Gasteiger partial charge in [0.05, 0.1) is 19.3 Å². The van der Waals surface area contributed by atoms with Gasteiger partial charge in [0.25, 0.3) is 0 Å². The minimum absolute atomic E-state index is 0.112. The van der Waals surface area contributed by atoms with Gasteiger partial charge in [-0.15, -0.1) is 0 Å². The molecule has 0 spiro atoms. The summed E-state index contributed by atoms with van der Waals surface area (Å²) >= 11 is 7.61. The first-order valence-corrected chi connectivity index (χ1v) is 11.9. The average molecular weight is 467 g/mol. The maximum Gasteiger partial charge on any atom is 0.410 e. The number of ether oxygens (including phenoxy) is 2. The number of carbonyl (C=O) groups is 1. The molecular formula is C22H31ClN4O3S. The number of nitriles is 1. The summed E-state index contributed by atoms with van der Waals surface area (Å²) in [7, 11) is 0. The van der Waals surface area contributed by atoms with Gasteiger partial charge in [-0.2, -0.15) is 5.26 Å². The fraction of sp³-hybridized carbons (Fsp3) is 0.591. The van der Waals surface area contributed by atoms with Gasteiger partial charge in [0.15, 0.2) is 11.4 Å². The molecule has 1 aromatic rings. The Balaban J connectivity index is 2.11. The summed E-state index contributed by atoms with van der Waals surface area (Å²) < 4.78 is 11.8. The van der Waals surface area contributed by atoms with E-state index in [0.29, 0.717) is 36.4 Å². The molecule has 2 atom stereocenters. The van der Waals surface area contributed by atoms with Crippen LogP contribution in [0.5, 0.6) is 0 Å². The van der Waals surface area contributed by atoms with Gasteiger partial charge in [0.2, 0.25) is 0 Å². The highest BCUT2D eigenvalue weighted by atomic mass is 35.5. The Morgan fingerprint density at radius 3 is 2.90 bits per heavy atom. The number of aliphatic imine (C=N–C) groups is 1. The van der Waals surface area contributed by atoms with E-state index in [4.69, 9.17) is 26.3 Å². The predicted molar refractivity (Wildman–Crippen MR) is 125 cm³/mol. The van der Waals surface area contributed by atoms with Crippen molar-refractivity contribution >= 4 is 34.6 Å². The Kier molecular flexibility index (Phi) is 9.94. The van der Waals surface area contributed by atoms with E-state index < -0.39 is 5.60 Å². The van der Waals surface area contributed by atoms with E-state index in [1.807, 2.05) is 57.5 Å². The van der Waals surface area contributed by atoms with Crippen LogP contribution in [0.2, 0.25) is 5.02 Å². The number of amides is 1. The lowest BCUT2D eigenvalue weighted by atomic mass is 9.88. The molecule has 0 aliphatic carbocycles. The molecule has 9 heteroatoms. The molecule has 0 aromatic heterocycles. The highest BCUT2D eigenvalue weighted by Gasteiger charge is 2.33. The van der Waals surface area contributed by atoms with E-state index in [0.717, 1.165) is 18.4 Å². The Morgan fingerprint density at radius 1 is 1.48 bits per heavy atom. The zero-order valence-electron chi connectivity index (χ0n) is 18.6. The first-order chi connectivity index (χ1) is 14.7. The van der Waals surface area contributed by atoms with E-state index >= 15 is 0 Å². The van der Waals surface area contributed by atoms with Crippen LogP contribution in [0.4, 0.5) is 4.79 Å². The second-order valence-electron chi connectivity index (χ2n) is 8.30. The van der Waals surface area contributed by atoms with Crippen LogP contribution >= 0.6 is 23.4 Å². The van der Waals surface area contributed by atoms with E-state index in [2.05, 4.69) is 10.3 Å². The van der Waals surface area contributed by atoms with Gasteiger partial charge in [0.1, 0.15) is 5.60 Å². The van der Waals surface area contributed by atoms with Gasteiger partial charge in [0, 0.05) is 24.0 Å². The van der Waals surface area contributed by atoms with Gasteiger partial charge in [-0.25, -0.2) is 4.79 Å². The second-order valence-corrected chi connectivity index (χ2v) is 9.53. The van der Waals surface area contributed by atoms with Crippen molar-refractivity contribution in [2.45, 2.75) is 45.3 Å². The summed E-state index contributed by atoms with van der Waals surface area (Å²) in [6, 6.07) is 7.64. The number of halogens is 1. The minimum atomic E-state index is -0.530. The van der Waals surface area contributed by atoms with E-state index in [-0.39, 0.29) is 18.1 Å². The van der Waals surface area contributed by atoms with Crippen molar-refractivity contribution in [3.05, 3.63) is 34.9 Å². The SMILES string of the molecule is CSC(=NCCO[C@@H](c1cccc(Cl)c1)[C@@H]1CCCN(C(=O)OC(C)(C)C)C1)NC#N. The molecular weight excluding hydrogens is 436 g/mol. The van der Waals surface area contributed by atoms with E-state index in [1.54, 1.807) is 4.90 Å². The number of piperidine rings is 1. The number of likely N-dealkylation sites (tertiary alicyclic amines) is 1. The van der Waals surface area contributed by atoms with Gasteiger partial charge >= 0.3 is 6.09 Å². The number of hydrogen-bond donors (Lipinski definition) is 1. The number of benzene rings is 1.